The first-order chi connectivity index (χ1) is 12.3. The first-order valence-electron chi connectivity index (χ1n) is 8.42. The van der Waals surface area contributed by atoms with Gasteiger partial charge in [-0.25, -0.2) is 4.79 Å². The molecule has 26 heavy (non-hydrogen) atoms. The van der Waals surface area contributed by atoms with Gasteiger partial charge in [-0.1, -0.05) is 38.1 Å². The number of allylic oxidation sites excluding steroid dienone is 1. The average Bonchev–Trinajstić information content (AvgIpc) is 2.90. The number of ether oxygens (including phenoxy) is 2. The SMILES string of the molecule is CC(C)c1ccc(/C=C2/Oc3cc(OC(=O)N(C)C)ccc3C2=O)cc1. The minimum absolute atomic E-state index is 0.182. The molecule has 1 aliphatic rings. The van der Waals surface area contributed by atoms with Crippen LogP contribution in [0.3, 0.4) is 0 Å². The molecule has 3 rings (SSSR count). The zero-order valence-electron chi connectivity index (χ0n) is 15.3. The molecule has 1 amide bonds. The number of amides is 1. The van der Waals surface area contributed by atoms with Crippen molar-refractivity contribution in [2.45, 2.75) is 19.8 Å². The summed E-state index contributed by atoms with van der Waals surface area (Å²) in [5, 5.41) is 0. The molecule has 1 aliphatic heterocycles. The standard InChI is InChI=1S/C21H21NO4/c1-13(2)15-7-5-14(6-8-15)11-19-20(23)17-10-9-16(12-18(17)26-19)25-21(24)22(3)4/h5-13H,1-4H3/b19-11+. The molecule has 0 bridgehead atoms. The molecule has 0 unspecified atom stereocenters. The third-order valence-electron chi connectivity index (χ3n) is 4.11. The fraction of sp³-hybridized carbons (Fsp3) is 0.238. The van der Waals surface area contributed by atoms with Crippen molar-refractivity contribution in [3.05, 3.63) is 64.9 Å². The summed E-state index contributed by atoms with van der Waals surface area (Å²) < 4.78 is 10.9. The Labute approximate surface area is 152 Å². The van der Waals surface area contributed by atoms with Crippen LogP contribution in [0.5, 0.6) is 11.5 Å². The summed E-state index contributed by atoms with van der Waals surface area (Å²) in [5.74, 6) is 1.25. The highest BCUT2D eigenvalue weighted by molar-refractivity contribution is 6.14. The number of ketones is 1. The number of nitrogens with zero attached hydrogens (tertiary/aromatic N) is 1. The number of rotatable bonds is 3. The Hall–Kier alpha value is -3.08. The van der Waals surface area contributed by atoms with Crippen LogP contribution in [0.2, 0.25) is 0 Å². The van der Waals surface area contributed by atoms with Crippen LogP contribution in [0.4, 0.5) is 4.79 Å². The maximum Gasteiger partial charge on any atom is 0.414 e. The summed E-state index contributed by atoms with van der Waals surface area (Å²) >= 11 is 0. The van der Waals surface area contributed by atoms with E-state index in [1.54, 1.807) is 38.4 Å². The Morgan fingerprint density at radius 2 is 1.81 bits per heavy atom. The van der Waals surface area contributed by atoms with Gasteiger partial charge >= 0.3 is 6.09 Å². The van der Waals surface area contributed by atoms with Gasteiger partial charge in [0.25, 0.3) is 0 Å². The molecule has 2 aromatic carbocycles. The zero-order chi connectivity index (χ0) is 18.8. The van der Waals surface area contributed by atoms with Crippen LogP contribution in [0.25, 0.3) is 6.08 Å². The van der Waals surface area contributed by atoms with Crippen molar-refractivity contribution in [1.29, 1.82) is 0 Å². The Morgan fingerprint density at radius 1 is 1.12 bits per heavy atom. The van der Waals surface area contributed by atoms with Gasteiger partial charge in [0.15, 0.2) is 5.76 Å². The largest absolute Gasteiger partial charge is 0.452 e. The monoisotopic (exact) mass is 351 g/mol. The Balaban J connectivity index is 1.81. The lowest BCUT2D eigenvalue weighted by Gasteiger charge is -2.10. The van der Waals surface area contributed by atoms with Crippen molar-refractivity contribution in [1.82, 2.24) is 4.90 Å². The second-order valence-electron chi connectivity index (χ2n) is 6.68. The van der Waals surface area contributed by atoms with Crippen LogP contribution in [0.15, 0.2) is 48.2 Å². The van der Waals surface area contributed by atoms with E-state index in [1.165, 1.54) is 10.5 Å². The maximum atomic E-state index is 12.5. The minimum Gasteiger partial charge on any atom is -0.452 e. The molecule has 0 atom stereocenters. The Morgan fingerprint density at radius 3 is 2.42 bits per heavy atom. The predicted octanol–water partition coefficient (Wildman–Crippen LogP) is 4.49. The van der Waals surface area contributed by atoms with Crippen molar-refractivity contribution < 1.29 is 19.1 Å². The number of Topliss-reactive ketones (excluding diaryl/α,β-unsaturated/α-hetero) is 1. The quantitative estimate of drug-likeness (QED) is 0.765. The van der Waals surface area contributed by atoms with Crippen LogP contribution in [-0.2, 0) is 0 Å². The summed E-state index contributed by atoms with van der Waals surface area (Å²) in [6, 6.07) is 12.8. The molecular weight excluding hydrogens is 330 g/mol. The van der Waals surface area contributed by atoms with Gasteiger partial charge in [-0.15, -0.1) is 0 Å². The summed E-state index contributed by atoms with van der Waals surface area (Å²) in [4.78, 5) is 25.5. The van der Waals surface area contributed by atoms with Gasteiger partial charge < -0.3 is 14.4 Å². The zero-order valence-corrected chi connectivity index (χ0v) is 15.3. The highest BCUT2D eigenvalue weighted by Crippen LogP contribution is 2.35. The number of benzene rings is 2. The van der Waals surface area contributed by atoms with Gasteiger partial charge in [-0.05, 0) is 35.3 Å². The van der Waals surface area contributed by atoms with E-state index in [-0.39, 0.29) is 11.5 Å². The van der Waals surface area contributed by atoms with E-state index in [0.717, 1.165) is 5.56 Å². The van der Waals surface area contributed by atoms with Gasteiger partial charge in [-0.2, -0.15) is 0 Å². The number of carbonyl (C=O) groups is 2. The van der Waals surface area contributed by atoms with Crippen LogP contribution in [0, 0.1) is 0 Å². The third-order valence-corrected chi connectivity index (χ3v) is 4.11. The molecule has 5 nitrogen and oxygen atoms in total. The molecule has 0 spiro atoms. The smallest absolute Gasteiger partial charge is 0.414 e. The first kappa shape index (κ1) is 17.7. The van der Waals surface area contributed by atoms with E-state index in [9.17, 15) is 9.59 Å². The normalized spacial score (nSPS) is 14.3. The number of hydrogen-bond acceptors (Lipinski definition) is 4. The molecule has 0 saturated heterocycles. The average molecular weight is 351 g/mol. The lowest BCUT2D eigenvalue weighted by Crippen LogP contribution is -2.25. The first-order valence-corrected chi connectivity index (χ1v) is 8.42. The molecule has 0 N–H and O–H groups in total. The summed E-state index contributed by atoms with van der Waals surface area (Å²) in [6.07, 6.45) is 1.23. The molecule has 0 saturated carbocycles. The summed E-state index contributed by atoms with van der Waals surface area (Å²) in [6.45, 7) is 4.27. The number of carbonyl (C=O) groups excluding carboxylic acids is 2. The van der Waals surface area contributed by atoms with E-state index in [1.807, 2.05) is 24.3 Å². The molecule has 2 aromatic rings. The Kier molecular flexibility index (Phi) is 4.80. The third kappa shape index (κ3) is 3.61. The van der Waals surface area contributed by atoms with Crippen molar-refractivity contribution in [2.24, 2.45) is 0 Å². The van der Waals surface area contributed by atoms with Gasteiger partial charge in [0.1, 0.15) is 11.5 Å². The topological polar surface area (TPSA) is 55.8 Å². The molecule has 0 aromatic heterocycles. The fourth-order valence-electron chi connectivity index (χ4n) is 2.55. The van der Waals surface area contributed by atoms with Crippen molar-refractivity contribution in [2.75, 3.05) is 14.1 Å². The van der Waals surface area contributed by atoms with Crippen molar-refractivity contribution >= 4 is 18.0 Å². The van der Waals surface area contributed by atoms with E-state index in [2.05, 4.69) is 13.8 Å². The lowest BCUT2D eigenvalue weighted by atomic mass is 10.0. The maximum absolute atomic E-state index is 12.5. The van der Waals surface area contributed by atoms with Gasteiger partial charge in [0, 0.05) is 20.2 Å². The lowest BCUT2D eigenvalue weighted by molar-refractivity contribution is 0.101. The van der Waals surface area contributed by atoms with E-state index in [0.29, 0.717) is 23.0 Å². The van der Waals surface area contributed by atoms with Crippen molar-refractivity contribution in [3.8, 4) is 11.5 Å². The number of hydrogen-bond donors (Lipinski definition) is 0. The van der Waals surface area contributed by atoms with Crippen LogP contribution >= 0.6 is 0 Å². The summed E-state index contributed by atoms with van der Waals surface area (Å²) in [5.41, 5.74) is 2.59. The van der Waals surface area contributed by atoms with E-state index < -0.39 is 6.09 Å². The molecule has 5 heteroatoms. The highest BCUT2D eigenvalue weighted by Gasteiger charge is 2.28. The molecule has 0 aliphatic carbocycles. The predicted molar refractivity (Wildman–Crippen MR) is 99.6 cm³/mol. The van der Waals surface area contributed by atoms with Crippen molar-refractivity contribution in [3.63, 3.8) is 0 Å². The van der Waals surface area contributed by atoms with Gasteiger partial charge in [-0.3, -0.25) is 4.79 Å². The molecule has 1 heterocycles. The van der Waals surface area contributed by atoms with Crippen LogP contribution < -0.4 is 9.47 Å². The second kappa shape index (κ2) is 7.04. The summed E-state index contributed by atoms with van der Waals surface area (Å²) in [7, 11) is 3.20. The molecule has 0 radical (unpaired) electrons. The number of fused-ring (bicyclic) bond motifs is 1. The molecular formula is C21H21NO4. The highest BCUT2D eigenvalue weighted by atomic mass is 16.6. The van der Waals surface area contributed by atoms with E-state index in [4.69, 9.17) is 9.47 Å². The van der Waals surface area contributed by atoms with Crippen LogP contribution in [-0.4, -0.2) is 30.9 Å². The fourth-order valence-corrected chi connectivity index (χ4v) is 2.55. The van der Waals surface area contributed by atoms with Crippen LogP contribution in [0.1, 0.15) is 41.3 Å². The molecule has 0 fully saturated rings. The molecule has 134 valence electrons. The van der Waals surface area contributed by atoms with Gasteiger partial charge in [0.05, 0.1) is 5.56 Å². The minimum atomic E-state index is -0.490. The second-order valence-corrected chi connectivity index (χ2v) is 6.68. The van der Waals surface area contributed by atoms with Gasteiger partial charge in [0.2, 0.25) is 5.78 Å². The van der Waals surface area contributed by atoms with E-state index >= 15 is 0 Å². The Bertz CT molecular complexity index is 879.